The molecular formula is C9H13FN2O5S. The number of nitrogens with zero attached hydrogens (tertiary/aromatic N) is 2. The van der Waals surface area contributed by atoms with Gasteiger partial charge >= 0.3 is 6.09 Å². The lowest BCUT2D eigenvalue weighted by Gasteiger charge is -2.36. The number of ether oxygens (including phenoxy) is 1. The number of amides is 1. The maximum atomic E-state index is 13.9. The van der Waals surface area contributed by atoms with Crippen molar-refractivity contribution >= 4 is 23.0 Å². The number of hydrogen-bond donors (Lipinski definition) is 3. The molecule has 3 N–H and O–H groups in total. The molecule has 0 aliphatic carbocycles. The molecule has 0 unspecified atom stereocenters. The van der Waals surface area contributed by atoms with Crippen LogP contribution in [0.2, 0.25) is 0 Å². The number of aliphatic hydroxyl groups excluding tert-OH is 2. The normalized spacial score (nSPS) is 39.1. The topological polar surface area (TPSA) is 103 Å². The fourth-order valence-electron chi connectivity index (χ4n) is 1.78. The summed E-state index contributed by atoms with van der Waals surface area (Å²) < 4.78 is 19.2. The summed E-state index contributed by atoms with van der Waals surface area (Å²) in [7, 11) is 1.29. The third-order valence-electron chi connectivity index (χ3n) is 2.86. The molecule has 1 saturated heterocycles. The summed E-state index contributed by atoms with van der Waals surface area (Å²) in [4.78, 5) is 15.5. The predicted octanol–water partition coefficient (Wildman–Crippen LogP) is -0.516. The largest absolute Gasteiger partial charge is 0.465 e. The van der Waals surface area contributed by atoms with Gasteiger partial charge in [-0.3, -0.25) is 9.89 Å². The first-order chi connectivity index (χ1) is 8.45. The Hall–Kier alpha value is -0.900. The average molecular weight is 280 g/mol. The molecule has 0 radical (unpaired) electrons. The fraction of sp³-hybridized carbons (Fsp3) is 0.778. The average Bonchev–Trinajstić information content (AvgIpc) is 2.76. The predicted molar refractivity (Wildman–Crippen MR) is 61.3 cm³/mol. The van der Waals surface area contributed by atoms with Crippen LogP contribution in [0, 0.1) is 0 Å². The second-order valence-electron chi connectivity index (χ2n) is 4.02. The van der Waals surface area contributed by atoms with Crippen molar-refractivity contribution < 1.29 is 29.2 Å². The first-order valence-electron chi connectivity index (χ1n) is 5.25. The smallest absolute Gasteiger partial charge is 0.413 e. The minimum atomic E-state index is -1.69. The second kappa shape index (κ2) is 5.00. The number of amidine groups is 1. The summed E-state index contributed by atoms with van der Waals surface area (Å²) >= 11 is 0.967. The van der Waals surface area contributed by atoms with Gasteiger partial charge < -0.3 is 20.1 Å². The highest BCUT2D eigenvalue weighted by atomic mass is 32.2. The molecule has 0 aromatic carbocycles. The van der Waals surface area contributed by atoms with Crippen LogP contribution in [0.4, 0.5) is 9.18 Å². The zero-order valence-electron chi connectivity index (χ0n) is 9.43. The lowest BCUT2D eigenvalue weighted by molar-refractivity contribution is -0.144. The van der Waals surface area contributed by atoms with Crippen molar-refractivity contribution in [3.63, 3.8) is 0 Å². The van der Waals surface area contributed by atoms with Gasteiger partial charge in [0, 0.05) is 7.05 Å². The summed E-state index contributed by atoms with van der Waals surface area (Å²) in [5.74, 6) is 0. The lowest BCUT2D eigenvalue weighted by atomic mass is 10.0. The molecule has 1 amide bonds. The Kier molecular flexibility index (Phi) is 3.76. The van der Waals surface area contributed by atoms with Gasteiger partial charge in [0.05, 0.1) is 6.61 Å². The van der Waals surface area contributed by atoms with E-state index in [0.29, 0.717) is 0 Å². The van der Waals surface area contributed by atoms with E-state index in [1.807, 2.05) is 0 Å². The van der Waals surface area contributed by atoms with E-state index in [0.717, 1.165) is 16.7 Å². The van der Waals surface area contributed by atoms with E-state index < -0.39 is 42.6 Å². The standard InChI is InChI=1S/C9H13FN2O5S/c1-12(9(15)16)8-11-5-4(10)6(14)3(2-13)17-7(5)18-8/h3-7,13-14H,2H2,1H3,(H,15,16)/t3-,4-,5-,6-,7-/m1/s1. The first kappa shape index (κ1) is 13.5. The Labute approximate surface area is 106 Å². The van der Waals surface area contributed by atoms with E-state index in [-0.39, 0.29) is 5.17 Å². The molecule has 2 aliphatic heterocycles. The maximum absolute atomic E-state index is 13.9. The molecule has 0 spiro atoms. The van der Waals surface area contributed by atoms with Crippen LogP contribution in [0.5, 0.6) is 0 Å². The van der Waals surface area contributed by atoms with Crippen LogP contribution in [-0.2, 0) is 4.74 Å². The Morgan fingerprint density at radius 3 is 2.89 bits per heavy atom. The Bertz CT molecular complexity index is 382. The third-order valence-corrected chi connectivity index (χ3v) is 4.07. The number of aliphatic imine (C=N–C) groups is 1. The summed E-state index contributed by atoms with van der Waals surface area (Å²) in [5, 5.41) is 27.4. The first-order valence-corrected chi connectivity index (χ1v) is 6.13. The molecule has 0 aromatic rings. The number of carboxylic acid groups (broad SMARTS) is 1. The lowest BCUT2D eigenvalue weighted by Crippen LogP contribution is -2.53. The molecule has 1 fully saturated rings. The molecule has 2 aliphatic rings. The van der Waals surface area contributed by atoms with E-state index in [1.54, 1.807) is 0 Å². The van der Waals surface area contributed by atoms with Gasteiger partial charge in [0.1, 0.15) is 23.7 Å². The number of hydrogen-bond acceptors (Lipinski definition) is 6. The summed E-state index contributed by atoms with van der Waals surface area (Å²) in [6.45, 7) is -0.504. The van der Waals surface area contributed by atoms with Crippen LogP contribution in [0.15, 0.2) is 4.99 Å². The Balaban J connectivity index is 2.15. The molecule has 0 saturated carbocycles. The highest BCUT2D eigenvalue weighted by Crippen LogP contribution is 2.38. The van der Waals surface area contributed by atoms with E-state index >= 15 is 0 Å². The van der Waals surface area contributed by atoms with Crippen LogP contribution >= 0.6 is 11.8 Å². The van der Waals surface area contributed by atoms with Crippen molar-refractivity contribution in [3.05, 3.63) is 0 Å². The number of rotatable bonds is 1. The van der Waals surface area contributed by atoms with Crippen molar-refractivity contribution in [3.8, 4) is 0 Å². The van der Waals surface area contributed by atoms with Crippen LogP contribution in [0.25, 0.3) is 0 Å². The van der Waals surface area contributed by atoms with Gasteiger partial charge in [-0.25, -0.2) is 9.18 Å². The Morgan fingerprint density at radius 2 is 2.33 bits per heavy atom. The van der Waals surface area contributed by atoms with Gasteiger partial charge in [0.25, 0.3) is 0 Å². The molecule has 2 heterocycles. The van der Waals surface area contributed by atoms with Crippen LogP contribution in [-0.4, -0.2) is 75.0 Å². The maximum Gasteiger partial charge on any atom is 0.413 e. The van der Waals surface area contributed by atoms with Crippen LogP contribution in [0.3, 0.4) is 0 Å². The van der Waals surface area contributed by atoms with Crippen molar-refractivity contribution in [2.45, 2.75) is 29.9 Å². The number of alkyl halides is 1. The number of halogens is 1. The minimum Gasteiger partial charge on any atom is -0.465 e. The zero-order chi connectivity index (χ0) is 13.4. The van der Waals surface area contributed by atoms with Gasteiger partial charge in [-0.2, -0.15) is 0 Å². The highest BCUT2D eigenvalue weighted by Gasteiger charge is 2.49. The summed E-state index contributed by atoms with van der Waals surface area (Å²) in [6.07, 6.45) is -5.38. The number of fused-ring (bicyclic) bond motifs is 1. The molecule has 0 aromatic heterocycles. The van der Waals surface area contributed by atoms with E-state index in [1.165, 1.54) is 7.05 Å². The van der Waals surface area contributed by atoms with Gasteiger partial charge in [-0.15, -0.1) is 0 Å². The molecule has 7 nitrogen and oxygen atoms in total. The van der Waals surface area contributed by atoms with Crippen molar-refractivity contribution in [2.75, 3.05) is 13.7 Å². The van der Waals surface area contributed by atoms with Crippen LogP contribution < -0.4 is 0 Å². The SMILES string of the molecule is CN(C(=O)O)C1=N[C@@H]2[C@@H](F)[C@H](O)[C@@H](CO)O[C@@H]2S1. The molecule has 0 bridgehead atoms. The molecule has 18 heavy (non-hydrogen) atoms. The van der Waals surface area contributed by atoms with Crippen LogP contribution in [0.1, 0.15) is 0 Å². The van der Waals surface area contributed by atoms with Crippen molar-refractivity contribution in [2.24, 2.45) is 4.99 Å². The van der Waals surface area contributed by atoms with Gasteiger partial charge in [0.2, 0.25) is 0 Å². The third kappa shape index (κ3) is 2.18. The summed E-state index contributed by atoms with van der Waals surface area (Å²) in [6, 6.07) is -0.954. The number of thioether (sulfide) groups is 1. The molecule has 102 valence electrons. The highest BCUT2D eigenvalue weighted by molar-refractivity contribution is 8.14. The quantitative estimate of drug-likeness (QED) is 0.597. The van der Waals surface area contributed by atoms with E-state index in [4.69, 9.17) is 14.9 Å². The van der Waals surface area contributed by atoms with Gasteiger partial charge in [-0.05, 0) is 0 Å². The molecule has 2 rings (SSSR count). The minimum absolute atomic E-state index is 0.117. The zero-order valence-corrected chi connectivity index (χ0v) is 10.2. The molecule has 9 heteroatoms. The number of aliphatic hydroxyl groups is 2. The van der Waals surface area contributed by atoms with Crippen molar-refractivity contribution in [1.29, 1.82) is 0 Å². The number of carbonyl (C=O) groups is 1. The second-order valence-corrected chi connectivity index (χ2v) is 5.09. The molecule has 5 atom stereocenters. The van der Waals surface area contributed by atoms with E-state index in [9.17, 15) is 14.3 Å². The van der Waals surface area contributed by atoms with Gasteiger partial charge in [0.15, 0.2) is 11.3 Å². The Morgan fingerprint density at radius 1 is 1.67 bits per heavy atom. The van der Waals surface area contributed by atoms with Crippen molar-refractivity contribution in [1.82, 2.24) is 4.90 Å². The fourth-order valence-corrected chi connectivity index (χ4v) is 2.96. The molecular weight excluding hydrogens is 267 g/mol. The van der Waals surface area contributed by atoms with Gasteiger partial charge in [-0.1, -0.05) is 11.8 Å². The summed E-state index contributed by atoms with van der Waals surface area (Å²) in [5.41, 5.74) is -0.725. The van der Waals surface area contributed by atoms with E-state index in [2.05, 4.69) is 4.99 Å². The monoisotopic (exact) mass is 280 g/mol.